The van der Waals surface area contributed by atoms with Crippen molar-refractivity contribution in [3.05, 3.63) is 29.3 Å². The number of aryl methyl sites for hydroxylation is 2. The monoisotopic (exact) mass is 235 g/mol. The Kier molecular flexibility index (Phi) is 4.02. The van der Waals surface area contributed by atoms with E-state index in [9.17, 15) is 5.11 Å². The number of ether oxygens (including phenoxy) is 1. The number of benzene rings is 1. The molecule has 0 aromatic heterocycles. The van der Waals surface area contributed by atoms with E-state index in [1.54, 1.807) is 0 Å². The Morgan fingerprint density at radius 3 is 2.53 bits per heavy atom. The Balaban J connectivity index is 1.75. The minimum atomic E-state index is -0.434. The first-order valence-corrected chi connectivity index (χ1v) is 6.26. The van der Waals surface area contributed by atoms with Crippen LogP contribution in [0.3, 0.4) is 0 Å². The lowest BCUT2D eigenvalue weighted by Crippen LogP contribution is -2.32. The number of aliphatic hydroxyl groups excluding tert-OH is 1. The molecule has 1 aliphatic rings. The molecule has 1 atom stereocenters. The molecule has 1 aromatic rings. The van der Waals surface area contributed by atoms with Gasteiger partial charge in [-0.15, -0.1) is 0 Å². The van der Waals surface area contributed by atoms with Crippen LogP contribution in [0.1, 0.15) is 24.0 Å². The van der Waals surface area contributed by atoms with E-state index in [2.05, 4.69) is 11.4 Å². The number of rotatable bonds is 6. The summed E-state index contributed by atoms with van der Waals surface area (Å²) in [6.45, 7) is 5.06. The number of nitrogens with one attached hydrogen (secondary N) is 1. The maximum atomic E-state index is 9.74. The van der Waals surface area contributed by atoms with Gasteiger partial charge in [0.05, 0.1) is 0 Å². The maximum Gasteiger partial charge on any atom is 0.119 e. The predicted octanol–water partition coefficient (Wildman–Crippen LogP) is 1.80. The van der Waals surface area contributed by atoms with Crippen molar-refractivity contribution in [2.24, 2.45) is 0 Å². The topological polar surface area (TPSA) is 41.5 Å². The van der Waals surface area contributed by atoms with Crippen molar-refractivity contribution in [3.8, 4) is 5.75 Å². The van der Waals surface area contributed by atoms with E-state index in [4.69, 9.17) is 4.74 Å². The summed E-state index contributed by atoms with van der Waals surface area (Å²) < 4.78 is 5.59. The normalized spacial score (nSPS) is 16.9. The second-order valence-corrected chi connectivity index (χ2v) is 4.97. The van der Waals surface area contributed by atoms with Crippen molar-refractivity contribution in [1.29, 1.82) is 0 Å². The van der Waals surface area contributed by atoms with Crippen molar-refractivity contribution in [2.75, 3.05) is 13.2 Å². The van der Waals surface area contributed by atoms with Crippen LogP contribution < -0.4 is 10.1 Å². The van der Waals surface area contributed by atoms with Gasteiger partial charge in [-0.3, -0.25) is 0 Å². The third kappa shape index (κ3) is 4.36. The van der Waals surface area contributed by atoms with Gasteiger partial charge in [0.2, 0.25) is 0 Å². The van der Waals surface area contributed by atoms with Crippen LogP contribution in [0.4, 0.5) is 0 Å². The molecule has 94 valence electrons. The Bertz CT molecular complexity index is 354. The van der Waals surface area contributed by atoms with Crippen LogP contribution in [0.2, 0.25) is 0 Å². The first-order chi connectivity index (χ1) is 8.13. The predicted molar refractivity (Wildman–Crippen MR) is 68.4 cm³/mol. The van der Waals surface area contributed by atoms with Crippen LogP contribution in [0.25, 0.3) is 0 Å². The van der Waals surface area contributed by atoms with Gasteiger partial charge in [-0.2, -0.15) is 0 Å². The van der Waals surface area contributed by atoms with Gasteiger partial charge in [-0.05, 0) is 49.9 Å². The summed E-state index contributed by atoms with van der Waals surface area (Å²) in [5.41, 5.74) is 2.37. The van der Waals surface area contributed by atoms with Gasteiger partial charge in [0.1, 0.15) is 18.5 Å². The zero-order chi connectivity index (χ0) is 12.3. The van der Waals surface area contributed by atoms with Crippen molar-refractivity contribution in [1.82, 2.24) is 5.32 Å². The second-order valence-electron chi connectivity index (χ2n) is 4.97. The van der Waals surface area contributed by atoms with Crippen molar-refractivity contribution in [2.45, 2.75) is 38.8 Å². The molecule has 1 aliphatic carbocycles. The minimum Gasteiger partial charge on any atom is -0.491 e. The first kappa shape index (κ1) is 12.4. The van der Waals surface area contributed by atoms with Gasteiger partial charge in [-0.25, -0.2) is 0 Å². The van der Waals surface area contributed by atoms with Gasteiger partial charge < -0.3 is 15.2 Å². The Morgan fingerprint density at radius 1 is 1.29 bits per heavy atom. The molecule has 0 radical (unpaired) electrons. The summed E-state index contributed by atoms with van der Waals surface area (Å²) in [6.07, 6.45) is 2.05. The lowest BCUT2D eigenvalue weighted by Gasteiger charge is -2.13. The van der Waals surface area contributed by atoms with Gasteiger partial charge in [0, 0.05) is 12.6 Å². The van der Waals surface area contributed by atoms with E-state index in [0.29, 0.717) is 19.2 Å². The van der Waals surface area contributed by atoms with E-state index < -0.39 is 6.10 Å². The summed E-state index contributed by atoms with van der Waals surface area (Å²) >= 11 is 0. The largest absolute Gasteiger partial charge is 0.491 e. The molecule has 1 saturated carbocycles. The van der Waals surface area contributed by atoms with Gasteiger partial charge in [0.15, 0.2) is 0 Å². The molecular weight excluding hydrogens is 214 g/mol. The zero-order valence-corrected chi connectivity index (χ0v) is 10.6. The van der Waals surface area contributed by atoms with Crippen LogP contribution in [0.5, 0.6) is 5.75 Å². The molecule has 0 aliphatic heterocycles. The van der Waals surface area contributed by atoms with Crippen LogP contribution >= 0.6 is 0 Å². The standard InChI is InChI=1S/C14H21NO2/c1-10-5-11(2)7-14(6-10)17-9-13(16)8-15-12-3-4-12/h5-7,12-13,15-16H,3-4,8-9H2,1-2H3/t13-/m0/s1. The molecule has 0 amide bonds. The fourth-order valence-corrected chi connectivity index (χ4v) is 1.86. The average Bonchev–Trinajstić information content (AvgIpc) is 3.06. The first-order valence-electron chi connectivity index (χ1n) is 6.26. The Hall–Kier alpha value is -1.06. The fourth-order valence-electron chi connectivity index (χ4n) is 1.86. The van der Waals surface area contributed by atoms with Gasteiger partial charge in [0.25, 0.3) is 0 Å². The third-order valence-corrected chi connectivity index (χ3v) is 2.86. The van der Waals surface area contributed by atoms with E-state index in [1.807, 2.05) is 26.0 Å². The van der Waals surface area contributed by atoms with E-state index in [0.717, 1.165) is 5.75 Å². The molecule has 0 heterocycles. The molecule has 0 bridgehead atoms. The van der Waals surface area contributed by atoms with Crippen molar-refractivity contribution in [3.63, 3.8) is 0 Å². The highest BCUT2D eigenvalue weighted by atomic mass is 16.5. The highest BCUT2D eigenvalue weighted by molar-refractivity contribution is 5.32. The second kappa shape index (κ2) is 5.52. The number of aliphatic hydroxyl groups is 1. The van der Waals surface area contributed by atoms with Crippen LogP contribution in [-0.4, -0.2) is 30.4 Å². The van der Waals surface area contributed by atoms with Crippen LogP contribution in [0.15, 0.2) is 18.2 Å². The average molecular weight is 235 g/mol. The minimum absolute atomic E-state index is 0.350. The maximum absolute atomic E-state index is 9.74. The lowest BCUT2D eigenvalue weighted by molar-refractivity contribution is 0.106. The summed E-state index contributed by atoms with van der Waals surface area (Å²) in [5.74, 6) is 0.841. The summed E-state index contributed by atoms with van der Waals surface area (Å²) in [5, 5.41) is 13.0. The van der Waals surface area contributed by atoms with Crippen LogP contribution in [-0.2, 0) is 0 Å². The SMILES string of the molecule is Cc1cc(C)cc(OC[C@@H](O)CNC2CC2)c1. The van der Waals surface area contributed by atoms with Gasteiger partial charge >= 0.3 is 0 Å². The lowest BCUT2D eigenvalue weighted by atomic mass is 10.1. The fraction of sp³-hybridized carbons (Fsp3) is 0.571. The zero-order valence-electron chi connectivity index (χ0n) is 10.6. The molecule has 3 heteroatoms. The van der Waals surface area contributed by atoms with Crippen molar-refractivity contribution < 1.29 is 9.84 Å². The number of hydrogen-bond acceptors (Lipinski definition) is 3. The molecule has 0 saturated heterocycles. The Morgan fingerprint density at radius 2 is 1.94 bits per heavy atom. The summed E-state index contributed by atoms with van der Waals surface area (Å²) in [4.78, 5) is 0. The molecular formula is C14H21NO2. The highest BCUT2D eigenvalue weighted by Crippen LogP contribution is 2.18. The summed E-state index contributed by atoms with van der Waals surface area (Å²) in [6, 6.07) is 6.73. The molecule has 1 fully saturated rings. The molecule has 17 heavy (non-hydrogen) atoms. The van der Waals surface area contributed by atoms with Gasteiger partial charge in [-0.1, -0.05) is 6.07 Å². The quantitative estimate of drug-likeness (QED) is 0.790. The molecule has 0 spiro atoms. The highest BCUT2D eigenvalue weighted by Gasteiger charge is 2.21. The van der Waals surface area contributed by atoms with E-state index in [1.165, 1.54) is 24.0 Å². The molecule has 2 N–H and O–H groups in total. The molecule has 2 rings (SSSR count). The van der Waals surface area contributed by atoms with E-state index in [-0.39, 0.29) is 0 Å². The van der Waals surface area contributed by atoms with Crippen molar-refractivity contribution >= 4 is 0 Å². The third-order valence-electron chi connectivity index (χ3n) is 2.86. The van der Waals surface area contributed by atoms with E-state index >= 15 is 0 Å². The molecule has 1 aromatic carbocycles. The molecule has 3 nitrogen and oxygen atoms in total. The summed E-state index contributed by atoms with van der Waals surface area (Å²) in [7, 11) is 0. The number of hydrogen-bond donors (Lipinski definition) is 2. The van der Waals surface area contributed by atoms with Crippen LogP contribution in [0, 0.1) is 13.8 Å². The Labute approximate surface area is 103 Å². The smallest absolute Gasteiger partial charge is 0.119 e. The molecule has 0 unspecified atom stereocenters.